The monoisotopic (exact) mass is 233 g/mol. The van der Waals surface area contributed by atoms with E-state index in [1.165, 1.54) is 10.6 Å². The average molecular weight is 233 g/mol. The zero-order chi connectivity index (χ0) is 12.8. The van der Waals surface area contributed by atoms with E-state index in [1.54, 1.807) is 13.0 Å². The summed E-state index contributed by atoms with van der Waals surface area (Å²) < 4.78 is 1.45. The fourth-order valence-corrected chi connectivity index (χ4v) is 1.53. The first-order valence-electron chi connectivity index (χ1n) is 5.47. The highest BCUT2D eigenvalue weighted by Crippen LogP contribution is 1.99. The van der Waals surface area contributed by atoms with Gasteiger partial charge in [-0.1, -0.05) is 0 Å². The Morgan fingerprint density at radius 3 is 2.82 bits per heavy atom. The first-order chi connectivity index (χ1) is 8.10. The van der Waals surface area contributed by atoms with E-state index in [1.807, 2.05) is 13.0 Å². The van der Waals surface area contributed by atoms with Crippen LogP contribution in [0.15, 0.2) is 16.9 Å². The molecular weight excluding hydrogens is 218 g/mol. The first kappa shape index (κ1) is 13.0. The molecule has 1 aromatic rings. The van der Waals surface area contributed by atoms with Gasteiger partial charge in [0.15, 0.2) is 0 Å². The van der Waals surface area contributed by atoms with Gasteiger partial charge in [-0.25, -0.2) is 0 Å². The number of nitrogens with one attached hydrogen (secondary N) is 1. The number of carbonyl (C=O) groups is 1. The summed E-state index contributed by atoms with van der Waals surface area (Å²) in [6.45, 7) is 4.49. The van der Waals surface area contributed by atoms with Gasteiger partial charge in [-0.2, -0.15) is 5.26 Å². The van der Waals surface area contributed by atoms with Crippen molar-refractivity contribution in [2.75, 3.05) is 6.54 Å². The van der Waals surface area contributed by atoms with E-state index in [9.17, 15) is 9.59 Å². The van der Waals surface area contributed by atoms with E-state index in [0.717, 1.165) is 5.69 Å². The van der Waals surface area contributed by atoms with Crippen LogP contribution in [-0.2, 0) is 11.3 Å². The lowest BCUT2D eigenvalue weighted by molar-refractivity contribution is -0.121. The van der Waals surface area contributed by atoms with Gasteiger partial charge in [0, 0.05) is 25.2 Å². The van der Waals surface area contributed by atoms with Gasteiger partial charge in [0.2, 0.25) is 5.91 Å². The van der Waals surface area contributed by atoms with Crippen molar-refractivity contribution in [1.82, 2.24) is 9.88 Å². The summed E-state index contributed by atoms with van der Waals surface area (Å²) in [5.74, 6) is -0.0961. The molecule has 0 aromatic carbocycles. The van der Waals surface area contributed by atoms with Crippen LogP contribution in [0.1, 0.15) is 24.6 Å². The number of hydrogen-bond donors (Lipinski definition) is 1. The topological polar surface area (TPSA) is 74.9 Å². The van der Waals surface area contributed by atoms with E-state index < -0.39 is 0 Å². The van der Waals surface area contributed by atoms with E-state index >= 15 is 0 Å². The molecule has 0 bridgehead atoms. The highest BCUT2D eigenvalue weighted by atomic mass is 16.1. The molecule has 0 saturated heterocycles. The molecule has 0 radical (unpaired) electrons. The van der Waals surface area contributed by atoms with E-state index in [-0.39, 0.29) is 23.5 Å². The molecule has 0 aliphatic rings. The second-order valence-corrected chi connectivity index (χ2v) is 3.66. The van der Waals surface area contributed by atoms with Crippen LogP contribution in [0.25, 0.3) is 0 Å². The molecule has 0 aliphatic heterocycles. The molecule has 5 heteroatoms. The number of nitrogens with zero attached hydrogens (tertiary/aromatic N) is 2. The molecule has 0 saturated carbocycles. The van der Waals surface area contributed by atoms with Crippen molar-refractivity contribution >= 4 is 5.91 Å². The van der Waals surface area contributed by atoms with E-state index in [0.29, 0.717) is 13.1 Å². The van der Waals surface area contributed by atoms with Gasteiger partial charge in [-0.15, -0.1) is 0 Å². The van der Waals surface area contributed by atoms with Gasteiger partial charge in [-0.05, 0) is 26.0 Å². The Bertz CT molecular complexity index is 511. The fourth-order valence-electron chi connectivity index (χ4n) is 1.53. The third kappa shape index (κ3) is 3.18. The molecule has 0 spiro atoms. The maximum Gasteiger partial charge on any atom is 0.268 e. The molecule has 90 valence electrons. The molecule has 0 unspecified atom stereocenters. The maximum atomic E-state index is 11.8. The molecule has 5 nitrogen and oxygen atoms in total. The minimum absolute atomic E-state index is 0.0961. The second-order valence-electron chi connectivity index (χ2n) is 3.66. The highest BCUT2D eigenvalue weighted by molar-refractivity contribution is 5.75. The first-order valence-corrected chi connectivity index (χ1v) is 5.47. The number of carbonyl (C=O) groups excluding carboxylic acids is 1. The predicted molar refractivity (Wildman–Crippen MR) is 63.5 cm³/mol. The van der Waals surface area contributed by atoms with Crippen molar-refractivity contribution in [1.29, 1.82) is 5.26 Å². The van der Waals surface area contributed by atoms with Crippen LogP contribution in [0.5, 0.6) is 0 Å². The zero-order valence-electron chi connectivity index (χ0n) is 9.99. The van der Waals surface area contributed by atoms with Crippen molar-refractivity contribution < 1.29 is 4.79 Å². The molecule has 0 fully saturated rings. The number of amides is 1. The van der Waals surface area contributed by atoms with Crippen molar-refractivity contribution in [3.8, 4) is 6.07 Å². The number of nitriles is 1. The number of rotatable bonds is 4. The number of hydrogen-bond acceptors (Lipinski definition) is 3. The number of pyridine rings is 1. The Hall–Kier alpha value is -2.09. The Labute approximate surface area is 99.7 Å². The van der Waals surface area contributed by atoms with Crippen LogP contribution in [-0.4, -0.2) is 17.0 Å². The van der Waals surface area contributed by atoms with Crippen LogP contribution in [0, 0.1) is 18.3 Å². The van der Waals surface area contributed by atoms with Gasteiger partial charge in [0.1, 0.15) is 11.6 Å². The number of aromatic nitrogens is 1. The summed E-state index contributed by atoms with van der Waals surface area (Å²) in [4.78, 5) is 23.1. The molecule has 1 heterocycles. The lowest BCUT2D eigenvalue weighted by atomic mass is 10.2. The summed E-state index contributed by atoms with van der Waals surface area (Å²) in [7, 11) is 0. The standard InChI is InChI=1S/C12H15N3O2/c1-3-14-11(16)6-7-15-9(2)4-5-10(8-13)12(15)17/h4-5H,3,6-7H2,1-2H3,(H,14,16). The Kier molecular flexibility index (Phi) is 4.46. The van der Waals surface area contributed by atoms with Gasteiger partial charge < -0.3 is 9.88 Å². The number of aryl methyl sites for hydroxylation is 1. The SMILES string of the molecule is CCNC(=O)CCn1c(C)ccc(C#N)c1=O. The fraction of sp³-hybridized carbons (Fsp3) is 0.417. The summed E-state index contributed by atoms with van der Waals surface area (Å²) in [6.07, 6.45) is 0.240. The smallest absolute Gasteiger partial charge is 0.268 e. The average Bonchev–Trinajstić information content (AvgIpc) is 2.29. The summed E-state index contributed by atoms with van der Waals surface area (Å²) >= 11 is 0. The largest absolute Gasteiger partial charge is 0.356 e. The second kappa shape index (κ2) is 5.85. The van der Waals surface area contributed by atoms with Crippen LogP contribution in [0.3, 0.4) is 0 Å². The molecule has 17 heavy (non-hydrogen) atoms. The lowest BCUT2D eigenvalue weighted by Crippen LogP contribution is -2.29. The normalized spacial score (nSPS) is 9.71. The van der Waals surface area contributed by atoms with E-state index in [4.69, 9.17) is 5.26 Å². The highest BCUT2D eigenvalue weighted by Gasteiger charge is 2.07. The van der Waals surface area contributed by atoms with E-state index in [2.05, 4.69) is 5.32 Å². The molecule has 0 aliphatic carbocycles. The Morgan fingerprint density at radius 1 is 1.53 bits per heavy atom. The van der Waals surface area contributed by atoms with Crippen molar-refractivity contribution in [3.05, 3.63) is 33.7 Å². The maximum absolute atomic E-state index is 11.8. The summed E-state index contributed by atoms with van der Waals surface area (Å²) in [6, 6.07) is 5.05. The molecule has 1 N–H and O–H groups in total. The van der Waals surface area contributed by atoms with Gasteiger partial charge in [-0.3, -0.25) is 9.59 Å². The molecule has 0 atom stereocenters. The minimum Gasteiger partial charge on any atom is -0.356 e. The third-order valence-electron chi connectivity index (χ3n) is 2.45. The Balaban J connectivity index is 2.88. The van der Waals surface area contributed by atoms with Crippen LogP contribution < -0.4 is 10.9 Å². The van der Waals surface area contributed by atoms with Gasteiger partial charge in [0.25, 0.3) is 5.56 Å². The van der Waals surface area contributed by atoms with Crippen LogP contribution in [0.2, 0.25) is 0 Å². The van der Waals surface area contributed by atoms with Crippen molar-refractivity contribution in [2.45, 2.75) is 26.8 Å². The van der Waals surface area contributed by atoms with Gasteiger partial charge >= 0.3 is 0 Å². The van der Waals surface area contributed by atoms with Crippen molar-refractivity contribution in [3.63, 3.8) is 0 Å². The molecule has 1 aromatic heterocycles. The molecular formula is C12H15N3O2. The molecule has 1 rings (SSSR count). The minimum atomic E-state index is -0.336. The third-order valence-corrected chi connectivity index (χ3v) is 2.45. The molecule has 1 amide bonds. The van der Waals surface area contributed by atoms with Crippen LogP contribution in [0.4, 0.5) is 0 Å². The Morgan fingerprint density at radius 2 is 2.24 bits per heavy atom. The van der Waals surface area contributed by atoms with Crippen molar-refractivity contribution in [2.24, 2.45) is 0 Å². The van der Waals surface area contributed by atoms with Crippen LogP contribution >= 0.6 is 0 Å². The summed E-state index contributed by atoms with van der Waals surface area (Å²) in [5.41, 5.74) is 0.515. The quantitative estimate of drug-likeness (QED) is 0.825. The lowest BCUT2D eigenvalue weighted by Gasteiger charge is -2.09. The zero-order valence-corrected chi connectivity index (χ0v) is 9.99. The van der Waals surface area contributed by atoms with Gasteiger partial charge in [0.05, 0.1) is 0 Å². The predicted octanol–water partition coefficient (Wildman–Crippen LogP) is 0.555. The summed E-state index contributed by atoms with van der Waals surface area (Å²) in [5, 5.41) is 11.4.